The highest BCUT2D eigenvalue weighted by Gasteiger charge is 2.65. The van der Waals surface area contributed by atoms with Crippen LogP contribution in [0.3, 0.4) is 0 Å². The Kier molecular flexibility index (Phi) is 2.99. The average molecular weight is 242 g/mol. The van der Waals surface area contributed by atoms with Crippen LogP contribution in [0.4, 0.5) is 0 Å². The Morgan fingerprint density at radius 2 is 2.06 bits per heavy atom. The minimum atomic E-state index is -0.945. The Bertz CT molecular complexity index is 307. The smallest absolute Gasteiger partial charge is 0.317 e. The number of carbonyl (C=O) groups is 1. The summed E-state index contributed by atoms with van der Waals surface area (Å²) in [6, 6.07) is 0. The molecule has 1 unspecified atom stereocenters. The summed E-state index contributed by atoms with van der Waals surface area (Å²) in [6.45, 7) is 7.17. The van der Waals surface area contributed by atoms with E-state index in [0.717, 1.165) is 0 Å². The van der Waals surface area contributed by atoms with Crippen LogP contribution in [-0.4, -0.2) is 36.5 Å². The second-order valence-electron chi connectivity index (χ2n) is 6.15. The van der Waals surface area contributed by atoms with E-state index >= 15 is 0 Å². The van der Waals surface area contributed by atoms with Crippen LogP contribution in [-0.2, 0) is 14.3 Å². The van der Waals surface area contributed by atoms with Gasteiger partial charge in [0.15, 0.2) is 0 Å². The van der Waals surface area contributed by atoms with Gasteiger partial charge in [-0.3, -0.25) is 4.79 Å². The lowest BCUT2D eigenvalue weighted by Gasteiger charge is -2.56. The number of hydrogen-bond acceptors (Lipinski definition) is 4. The third kappa shape index (κ3) is 1.87. The first-order valence-corrected chi connectivity index (χ1v) is 6.33. The van der Waals surface area contributed by atoms with E-state index in [1.807, 2.05) is 0 Å². The molecule has 0 amide bonds. The van der Waals surface area contributed by atoms with Gasteiger partial charge in [0, 0.05) is 6.61 Å². The maximum absolute atomic E-state index is 12.2. The van der Waals surface area contributed by atoms with Crippen molar-refractivity contribution in [3.63, 3.8) is 0 Å². The van der Waals surface area contributed by atoms with Gasteiger partial charge < -0.3 is 14.6 Å². The SMILES string of the molecule is CCOC(=O)C1(C2(O)CC(C)(C)C2)CCOC1. The molecule has 2 fully saturated rings. The number of ether oxygens (including phenoxy) is 2. The standard InChI is InChI=1S/C13H22O4/c1-4-17-10(14)12(5-6-16-9-12)13(15)7-11(2,3)8-13/h15H,4-9H2,1-3H3. The Morgan fingerprint density at radius 1 is 1.41 bits per heavy atom. The quantitative estimate of drug-likeness (QED) is 0.762. The summed E-state index contributed by atoms with van der Waals surface area (Å²) in [4.78, 5) is 12.2. The Morgan fingerprint density at radius 3 is 2.47 bits per heavy atom. The van der Waals surface area contributed by atoms with Crippen LogP contribution >= 0.6 is 0 Å². The molecule has 1 N–H and O–H groups in total. The first-order valence-electron chi connectivity index (χ1n) is 6.33. The highest BCUT2D eigenvalue weighted by atomic mass is 16.5. The predicted molar refractivity (Wildman–Crippen MR) is 62.5 cm³/mol. The van der Waals surface area contributed by atoms with Gasteiger partial charge in [0.25, 0.3) is 0 Å². The lowest BCUT2D eigenvalue weighted by atomic mass is 9.51. The van der Waals surface area contributed by atoms with Crippen molar-refractivity contribution in [3.8, 4) is 0 Å². The number of carbonyl (C=O) groups excluding carboxylic acids is 1. The van der Waals surface area contributed by atoms with Crippen LogP contribution < -0.4 is 0 Å². The average Bonchev–Trinajstić information content (AvgIpc) is 2.64. The van der Waals surface area contributed by atoms with E-state index in [2.05, 4.69) is 13.8 Å². The summed E-state index contributed by atoms with van der Waals surface area (Å²) in [5.41, 5.74) is -1.67. The van der Waals surface area contributed by atoms with Gasteiger partial charge in [-0.15, -0.1) is 0 Å². The largest absolute Gasteiger partial charge is 0.465 e. The molecular weight excluding hydrogens is 220 g/mol. The molecule has 0 bridgehead atoms. The van der Waals surface area contributed by atoms with Crippen molar-refractivity contribution in [1.29, 1.82) is 0 Å². The van der Waals surface area contributed by atoms with E-state index in [4.69, 9.17) is 9.47 Å². The molecule has 1 saturated heterocycles. The van der Waals surface area contributed by atoms with Crippen molar-refractivity contribution in [2.24, 2.45) is 10.8 Å². The first kappa shape index (κ1) is 12.8. The second-order valence-corrected chi connectivity index (χ2v) is 6.15. The summed E-state index contributed by atoms with van der Waals surface area (Å²) in [6.07, 6.45) is 1.85. The van der Waals surface area contributed by atoms with Gasteiger partial charge in [0.05, 0.1) is 18.8 Å². The molecule has 1 atom stereocenters. The zero-order valence-electron chi connectivity index (χ0n) is 10.9. The zero-order chi connectivity index (χ0) is 12.7. The van der Waals surface area contributed by atoms with Gasteiger partial charge >= 0.3 is 5.97 Å². The van der Waals surface area contributed by atoms with Gasteiger partial charge in [-0.25, -0.2) is 0 Å². The molecule has 98 valence electrons. The van der Waals surface area contributed by atoms with Crippen LogP contribution in [0.2, 0.25) is 0 Å². The number of esters is 1. The van der Waals surface area contributed by atoms with Crippen molar-refractivity contribution >= 4 is 5.97 Å². The Labute approximate surface area is 102 Å². The molecule has 1 heterocycles. The second kappa shape index (κ2) is 3.95. The molecule has 0 radical (unpaired) electrons. The maximum Gasteiger partial charge on any atom is 0.317 e. The predicted octanol–water partition coefficient (Wildman–Crippen LogP) is 1.51. The minimum Gasteiger partial charge on any atom is -0.465 e. The van der Waals surface area contributed by atoms with Gasteiger partial charge in [0.1, 0.15) is 5.41 Å². The van der Waals surface area contributed by atoms with Crippen LogP contribution in [0.25, 0.3) is 0 Å². The molecule has 0 aromatic carbocycles. The highest BCUT2D eigenvalue weighted by Crippen LogP contribution is 2.58. The Hall–Kier alpha value is -0.610. The van der Waals surface area contributed by atoms with Crippen molar-refractivity contribution in [3.05, 3.63) is 0 Å². The Balaban J connectivity index is 2.21. The summed E-state index contributed by atoms with van der Waals surface area (Å²) in [5, 5.41) is 10.7. The maximum atomic E-state index is 12.2. The van der Waals surface area contributed by atoms with E-state index in [1.54, 1.807) is 6.92 Å². The van der Waals surface area contributed by atoms with Crippen molar-refractivity contribution in [2.75, 3.05) is 19.8 Å². The molecule has 0 aromatic heterocycles. The first-order chi connectivity index (χ1) is 7.85. The van der Waals surface area contributed by atoms with Crippen LogP contribution in [0.1, 0.15) is 40.0 Å². The van der Waals surface area contributed by atoms with Crippen LogP contribution in [0.5, 0.6) is 0 Å². The number of hydrogen-bond donors (Lipinski definition) is 1. The third-order valence-corrected chi connectivity index (χ3v) is 4.12. The van der Waals surface area contributed by atoms with E-state index < -0.39 is 11.0 Å². The van der Waals surface area contributed by atoms with Gasteiger partial charge in [-0.05, 0) is 31.6 Å². The van der Waals surface area contributed by atoms with Gasteiger partial charge in [-0.1, -0.05) is 13.8 Å². The van der Waals surface area contributed by atoms with Crippen molar-refractivity contribution < 1.29 is 19.4 Å². The monoisotopic (exact) mass is 242 g/mol. The highest BCUT2D eigenvalue weighted by molar-refractivity contribution is 5.79. The van der Waals surface area contributed by atoms with Crippen LogP contribution in [0.15, 0.2) is 0 Å². The molecule has 4 heteroatoms. The molecule has 17 heavy (non-hydrogen) atoms. The minimum absolute atomic E-state index is 0.108. The molecule has 1 saturated carbocycles. The van der Waals surface area contributed by atoms with E-state index in [-0.39, 0.29) is 11.4 Å². The molecule has 1 aliphatic heterocycles. The molecular formula is C13H22O4. The lowest BCUT2D eigenvalue weighted by molar-refractivity contribution is -0.213. The topological polar surface area (TPSA) is 55.8 Å². The summed E-state index contributed by atoms with van der Waals surface area (Å²) in [7, 11) is 0. The summed E-state index contributed by atoms with van der Waals surface area (Å²) >= 11 is 0. The molecule has 2 aliphatic rings. The fourth-order valence-electron chi connectivity index (χ4n) is 3.42. The molecule has 1 aliphatic carbocycles. The van der Waals surface area contributed by atoms with E-state index in [0.29, 0.717) is 39.1 Å². The number of rotatable bonds is 3. The van der Waals surface area contributed by atoms with Gasteiger partial charge in [0.2, 0.25) is 0 Å². The number of aliphatic hydroxyl groups is 1. The van der Waals surface area contributed by atoms with Crippen LogP contribution in [0, 0.1) is 10.8 Å². The summed E-state index contributed by atoms with van der Waals surface area (Å²) < 4.78 is 10.5. The van der Waals surface area contributed by atoms with E-state index in [1.165, 1.54) is 0 Å². The van der Waals surface area contributed by atoms with Gasteiger partial charge in [-0.2, -0.15) is 0 Å². The van der Waals surface area contributed by atoms with Crippen molar-refractivity contribution in [2.45, 2.75) is 45.6 Å². The van der Waals surface area contributed by atoms with Crippen molar-refractivity contribution in [1.82, 2.24) is 0 Å². The fourth-order valence-corrected chi connectivity index (χ4v) is 3.42. The summed E-state index contributed by atoms with van der Waals surface area (Å²) in [5.74, 6) is -0.296. The zero-order valence-corrected chi connectivity index (χ0v) is 10.9. The lowest BCUT2D eigenvalue weighted by Crippen LogP contribution is -2.63. The molecule has 0 spiro atoms. The normalized spacial score (nSPS) is 34.1. The van der Waals surface area contributed by atoms with E-state index in [9.17, 15) is 9.90 Å². The fraction of sp³-hybridized carbons (Fsp3) is 0.923. The molecule has 4 nitrogen and oxygen atoms in total. The molecule has 0 aromatic rings. The third-order valence-electron chi connectivity index (χ3n) is 4.12. The molecule has 2 rings (SSSR count).